The van der Waals surface area contributed by atoms with Gasteiger partial charge < -0.3 is 24.6 Å². The number of aliphatic hydroxyl groups excluding tert-OH is 1. The van der Waals surface area contributed by atoms with Gasteiger partial charge in [-0.1, -0.05) is 13.0 Å². The molecule has 164 valence electrons. The van der Waals surface area contributed by atoms with Gasteiger partial charge in [0.05, 0.1) is 25.8 Å². The maximum absolute atomic E-state index is 13.0. The molecule has 3 rings (SSSR count). The number of amides is 1. The van der Waals surface area contributed by atoms with E-state index >= 15 is 0 Å². The molecule has 7 heteroatoms. The Balaban J connectivity index is 2.24. The molecule has 1 aliphatic rings. The van der Waals surface area contributed by atoms with Crippen molar-refractivity contribution in [2.75, 3.05) is 20.8 Å². The van der Waals surface area contributed by atoms with E-state index in [0.717, 1.165) is 5.56 Å². The predicted molar refractivity (Wildman–Crippen MR) is 116 cm³/mol. The molecule has 2 N–H and O–H groups in total. The number of phenols is 1. The number of benzene rings is 2. The molecule has 0 saturated carbocycles. The highest BCUT2D eigenvalue weighted by Gasteiger charge is 2.46. The molecule has 2 aromatic rings. The van der Waals surface area contributed by atoms with Gasteiger partial charge in [-0.2, -0.15) is 0 Å². The molecule has 0 bridgehead atoms. The van der Waals surface area contributed by atoms with Crippen molar-refractivity contribution in [1.29, 1.82) is 0 Å². The number of hydrogen-bond acceptors (Lipinski definition) is 6. The SMILES string of the molecule is CCCN1C(=O)C(=O)/C(=C(/O)c2cc(C)c(OC)cc2C)C1c1ccc(OC)c(O)c1. The molecular weight excluding hydrogens is 398 g/mol. The third kappa shape index (κ3) is 3.83. The summed E-state index contributed by atoms with van der Waals surface area (Å²) in [6.45, 7) is 5.87. The quantitative estimate of drug-likeness (QED) is 0.415. The highest BCUT2D eigenvalue weighted by Crippen LogP contribution is 2.42. The lowest BCUT2D eigenvalue weighted by Crippen LogP contribution is -2.30. The van der Waals surface area contributed by atoms with Crippen molar-refractivity contribution in [1.82, 2.24) is 4.90 Å². The Morgan fingerprint density at radius 1 is 1.03 bits per heavy atom. The summed E-state index contributed by atoms with van der Waals surface area (Å²) in [4.78, 5) is 27.2. The Kier molecular flexibility index (Phi) is 6.24. The van der Waals surface area contributed by atoms with Gasteiger partial charge in [0, 0.05) is 12.1 Å². The van der Waals surface area contributed by atoms with Crippen molar-refractivity contribution < 1.29 is 29.3 Å². The van der Waals surface area contributed by atoms with Crippen LogP contribution in [0.3, 0.4) is 0 Å². The van der Waals surface area contributed by atoms with Crippen molar-refractivity contribution in [2.24, 2.45) is 0 Å². The zero-order valence-electron chi connectivity index (χ0n) is 18.4. The number of aliphatic hydroxyl groups is 1. The molecule has 0 radical (unpaired) electrons. The van der Waals surface area contributed by atoms with E-state index in [-0.39, 0.29) is 22.8 Å². The Morgan fingerprint density at radius 2 is 1.71 bits per heavy atom. The molecule has 1 aliphatic heterocycles. The van der Waals surface area contributed by atoms with Crippen molar-refractivity contribution in [3.8, 4) is 17.2 Å². The van der Waals surface area contributed by atoms with Gasteiger partial charge in [-0.15, -0.1) is 0 Å². The van der Waals surface area contributed by atoms with Crippen LogP contribution in [0.25, 0.3) is 5.76 Å². The molecule has 31 heavy (non-hydrogen) atoms. The number of methoxy groups -OCH3 is 2. The standard InChI is InChI=1S/C24H27NO6/c1-6-9-25-21(15-7-8-18(30-4)17(26)12-15)20(23(28)24(25)29)22(27)16-10-14(3)19(31-5)11-13(16)2/h7-8,10-12,21,26-27H,6,9H2,1-5H3/b22-20+. The topological polar surface area (TPSA) is 96.3 Å². The number of phenolic OH excluding ortho intramolecular Hbond substituents is 1. The van der Waals surface area contributed by atoms with Gasteiger partial charge in [-0.3, -0.25) is 9.59 Å². The summed E-state index contributed by atoms with van der Waals surface area (Å²) in [6, 6.07) is 7.40. The summed E-state index contributed by atoms with van der Waals surface area (Å²) in [6.07, 6.45) is 0.631. The zero-order valence-corrected chi connectivity index (χ0v) is 18.4. The molecule has 1 fully saturated rings. The monoisotopic (exact) mass is 425 g/mol. The first kappa shape index (κ1) is 22.2. The van der Waals surface area contributed by atoms with Crippen LogP contribution in [-0.4, -0.2) is 47.6 Å². The third-order valence-electron chi connectivity index (χ3n) is 5.52. The lowest BCUT2D eigenvalue weighted by molar-refractivity contribution is -0.139. The molecule has 0 spiro atoms. The summed E-state index contributed by atoms with van der Waals surface area (Å²) in [5.74, 6) is -0.847. The summed E-state index contributed by atoms with van der Waals surface area (Å²) < 4.78 is 10.4. The normalized spacial score (nSPS) is 17.8. The fourth-order valence-corrected chi connectivity index (χ4v) is 3.99. The number of rotatable bonds is 6. The molecule has 7 nitrogen and oxygen atoms in total. The van der Waals surface area contributed by atoms with Crippen LogP contribution in [0.2, 0.25) is 0 Å². The number of carbonyl (C=O) groups excluding carboxylic acids is 2. The Bertz CT molecular complexity index is 1070. The Morgan fingerprint density at radius 3 is 2.29 bits per heavy atom. The molecule has 1 amide bonds. The van der Waals surface area contributed by atoms with E-state index in [9.17, 15) is 19.8 Å². The third-order valence-corrected chi connectivity index (χ3v) is 5.52. The Labute approximate surface area is 181 Å². The number of likely N-dealkylation sites (tertiary alicyclic amines) is 1. The van der Waals surface area contributed by atoms with Gasteiger partial charge in [-0.05, 0) is 61.2 Å². The lowest BCUT2D eigenvalue weighted by atomic mass is 9.93. The van der Waals surface area contributed by atoms with E-state index in [2.05, 4.69) is 0 Å². The van der Waals surface area contributed by atoms with Crippen molar-refractivity contribution >= 4 is 17.4 Å². The number of hydrogen-bond donors (Lipinski definition) is 2. The highest BCUT2D eigenvalue weighted by molar-refractivity contribution is 6.46. The zero-order chi connectivity index (χ0) is 22.9. The van der Waals surface area contributed by atoms with E-state index in [1.54, 1.807) is 38.3 Å². The molecule has 1 atom stereocenters. The molecular formula is C24H27NO6. The molecule has 1 saturated heterocycles. The first-order chi connectivity index (χ1) is 14.7. The van der Waals surface area contributed by atoms with Crippen LogP contribution in [0.1, 0.15) is 41.6 Å². The molecule has 0 aliphatic carbocycles. The molecule has 1 heterocycles. The van der Waals surface area contributed by atoms with Crippen LogP contribution < -0.4 is 9.47 Å². The number of ketones is 1. The average molecular weight is 425 g/mol. The van der Waals surface area contributed by atoms with E-state index in [1.165, 1.54) is 18.1 Å². The van der Waals surface area contributed by atoms with Crippen molar-refractivity contribution in [3.63, 3.8) is 0 Å². The largest absolute Gasteiger partial charge is 0.507 e. The number of carbonyl (C=O) groups is 2. The summed E-state index contributed by atoms with van der Waals surface area (Å²) in [7, 11) is 3.00. The number of aromatic hydroxyl groups is 1. The van der Waals surface area contributed by atoms with E-state index in [0.29, 0.717) is 35.4 Å². The van der Waals surface area contributed by atoms with Crippen molar-refractivity contribution in [2.45, 2.75) is 33.2 Å². The Hall–Kier alpha value is -3.48. The number of Topliss-reactive ketones (excluding diaryl/α,β-unsaturated/α-hetero) is 1. The molecule has 2 aromatic carbocycles. The van der Waals surface area contributed by atoms with Crippen LogP contribution in [0, 0.1) is 13.8 Å². The van der Waals surface area contributed by atoms with Gasteiger partial charge in [0.1, 0.15) is 11.5 Å². The van der Waals surface area contributed by atoms with Gasteiger partial charge in [-0.25, -0.2) is 0 Å². The second-order valence-corrected chi connectivity index (χ2v) is 7.56. The van der Waals surface area contributed by atoms with E-state index in [1.807, 2.05) is 13.8 Å². The van der Waals surface area contributed by atoms with E-state index < -0.39 is 17.7 Å². The minimum atomic E-state index is -0.821. The van der Waals surface area contributed by atoms with Gasteiger partial charge in [0.2, 0.25) is 0 Å². The van der Waals surface area contributed by atoms with Crippen LogP contribution in [0.4, 0.5) is 0 Å². The van der Waals surface area contributed by atoms with Crippen LogP contribution >= 0.6 is 0 Å². The summed E-state index contributed by atoms with van der Waals surface area (Å²) in [5.41, 5.74) is 2.45. The maximum Gasteiger partial charge on any atom is 0.295 e. The predicted octanol–water partition coefficient (Wildman–Crippen LogP) is 3.86. The molecule has 1 unspecified atom stereocenters. The summed E-state index contributed by atoms with van der Waals surface area (Å²) in [5, 5.41) is 21.5. The maximum atomic E-state index is 13.0. The fraction of sp³-hybridized carbons (Fsp3) is 0.333. The highest BCUT2D eigenvalue weighted by atomic mass is 16.5. The first-order valence-electron chi connectivity index (χ1n) is 10.1. The average Bonchev–Trinajstić information content (AvgIpc) is 2.99. The van der Waals surface area contributed by atoms with E-state index in [4.69, 9.17) is 9.47 Å². The number of nitrogens with zero attached hydrogens (tertiary/aromatic N) is 1. The number of aryl methyl sites for hydroxylation is 2. The van der Waals surface area contributed by atoms with Gasteiger partial charge in [0.25, 0.3) is 11.7 Å². The minimum Gasteiger partial charge on any atom is -0.507 e. The minimum absolute atomic E-state index is 0.00400. The summed E-state index contributed by atoms with van der Waals surface area (Å²) >= 11 is 0. The van der Waals surface area contributed by atoms with Gasteiger partial charge >= 0.3 is 0 Å². The number of ether oxygens (including phenoxy) is 2. The van der Waals surface area contributed by atoms with Crippen LogP contribution in [-0.2, 0) is 9.59 Å². The second kappa shape index (κ2) is 8.71. The van der Waals surface area contributed by atoms with Crippen LogP contribution in [0.15, 0.2) is 35.9 Å². The smallest absolute Gasteiger partial charge is 0.295 e. The fourth-order valence-electron chi connectivity index (χ4n) is 3.99. The first-order valence-corrected chi connectivity index (χ1v) is 10.1. The van der Waals surface area contributed by atoms with Crippen molar-refractivity contribution in [3.05, 3.63) is 58.2 Å². The molecule has 0 aromatic heterocycles. The second-order valence-electron chi connectivity index (χ2n) is 7.56. The lowest BCUT2D eigenvalue weighted by Gasteiger charge is -2.25. The van der Waals surface area contributed by atoms with Crippen LogP contribution in [0.5, 0.6) is 17.2 Å². The van der Waals surface area contributed by atoms with Gasteiger partial charge in [0.15, 0.2) is 11.5 Å².